The summed E-state index contributed by atoms with van der Waals surface area (Å²) >= 11 is 0. The summed E-state index contributed by atoms with van der Waals surface area (Å²) in [7, 11) is 1.42. The summed E-state index contributed by atoms with van der Waals surface area (Å²) in [6.45, 7) is 8.13. The van der Waals surface area contributed by atoms with Gasteiger partial charge in [-0.05, 0) is 31.4 Å². The maximum absolute atomic E-state index is 11.5. The summed E-state index contributed by atoms with van der Waals surface area (Å²) in [5.41, 5.74) is 2.35. The zero-order chi connectivity index (χ0) is 11.6. The van der Waals surface area contributed by atoms with Gasteiger partial charge in [-0.1, -0.05) is 13.8 Å². The molecular weight excluding hydrogens is 190 g/mol. The molecule has 15 heavy (non-hydrogen) atoms. The molecule has 0 N–H and O–H groups in total. The van der Waals surface area contributed by atoms with Crippen molar-refractivity contribution in [3.8, 4) is 0 Å². The van der Waals surface area contributed by atoms with Gasteiger partial charge in [0.25, 0.3) is 0 Å². The maximum atomic E-state index is 11.5. The van der Waals surface area contributed by atoms with Crippen molar-refractivity contribution in [2.24, 2.45) is 0 Å². The van der Waals surface area contributed by atoms with E-state index >= 15 is 0 Å². The van der Waals surface area contributed by atoms with E-state index in [0.717, 1.165) is 0 Å². The van der Waals surface area contributed by atoms with Crippen LogP contribution in [0.1, 0.15) is 44.0 Å². The van der Waals surface area contributed by atoms with Crippen molar-refractivity contribution < 1.29 is 9.53 Å². The quantitative estimate of drug-likeness (QED) is 0.717. The van der Waals surface area contributed by atoms with E-state index < -0.39 is 0 Å². The Hall–Kier alpha value is -1.25. The third-order valence-corrected chi connectivity index (χ3v) is 2.57. The number of rotatable bonds is 3. The summed E-state index contributed by atoms with van der Waals surface area (Å²) in [5.74, 6) is 0.207. The van der Waals surface area contributed by atoms with Crippen molar-refractivity contribution in [3.05, 3.63) is 23.5 Å². The molecule has 3 heteroatoms. The summed E-state index contributed by atoms with van der Waals surface area (Å²) in [5, 5.41) is 0. The monoisotopic (exact) mass is 209 g/mol. The molecule has 0 spiro atoms. The van der Waals surface area contributed by atoms with Gasteiger partial charge in [-0.3, -0.25) is 0 Å². The standard InChI is InChI=1S/C12H19NO2/c1-8(2)11-6-9(3)7-13(11)10(4)12(14)15-5/h6-8,10H,1-5H3/t10-/m0/s1. The van der Waals surface area contributed by atoms with Gasteiger partial charge in [-0.25, -0.2) is 4.79 Å². The molecule has 1 rings (SSSR count). The number of carbonyl (C=O) groups excluding carboxylic acids is 1. The summed E-state index contributed by atoms with van der Waals surface area (Å²) in [4.78, 5) is 11.5. The van der Waals surface area contributed by atoms with Crippen molar-refractivity contribution in [1.29, 1.82) is 0 Å². The van der Waals surface area contributed by atoms with Crippen LogP contribution in [0.4, 0.5) is 0 Å². The van der Waals surface area contributed by atoms with Crippen LogP contribution in [0.2, 0.25) is 0 Å². The Morgan fingerprint density at radius 2 is 2.00 bits per heavy atom. The second kappa shape index (κ2) is 4.51. The third kappa shape index (κ3) is 2.41. The first-order chi connectivity index (χ1) is 6.97. The molecule has 0 unspecified atom stereocenters. The van der Waals surface area contributed by atoms with Crippen molar-refractivity contribution in [2.45, 2.75) is 39.7 Å². The molecule has 0 radical (unpaired) electrons. The van der Waals surface area contributed by atoms with E-state index in [1.807, 2.05) is 24.6 Å². The zero-order valence-corrected chi connectivity index (χ0v) is 10.1. The molecule has 0 saturated carbocycles. The minimum absolute atomic E-state index is 0.201. The summed E-state index contributed by atoms with van der Waals surface area (Å²) < 4.78 is 6.74. The van der Waals surface area contributed by atoms with Gasteiger partial charge in [-0.15, -0.1) is 0 Å². The number of ether oxygens (including phenoxy) is 1. The molecule has 0 fully saturated rings. The lowest BCUT2D eigenvalue weighted by molar-refractivity contribution is -0.144. The Morgan fingerprint density at radius 1 is 1.40 bits per heavy atom. The first kappa shape index (κ1) is 11.8. The Morgan fingerprint density at radius 3 is 2.47 bits per heavy atom. The van der Waals surface area contributed by atoms with E-state index in [1.165, 1.54) is 18.4 Å². The van der Waals surface area contributed by atoms with Crippen LogP contribution in [0.3, 0.4) is 0 Å². The number of methoxy groups -OCH3 is 1. The van der Waals surface area contributed by atoms with Gasteiger partial charge in [0.2, 0.25) is 0 Å². The molecule has 1 aromatic heterocycles. The number of hydrogen-bond donors (Lipinski definition) is 0. The smallest absolute Gasteiger partial charge is 0.328 e. The molecule has 0 amide bonds. The fraction of sp³-hybridized carbons (Fsp3) is 0.583. The lowest BCUT2D eigenvalue weighted by atomic mass is 10.1. The maximum Gasteiger partial charge on any atom is 0.328 e. The van der Waals surface area contributed by atoms with Gasteiger partial charge >= 0.3 is 5.97 Å². The van der Waals surface area contributed by atoms with Crippen molar-refractivity contribution in [3.63, 3.8) is 0 Å². The van der Waals surface area contributed by atoms with E-state index in [4.69, 9.17) is 4.74 Å². The van der Waals surface area contributed by atoms with E-state index in [9.17, 15) is 4.79 Å². The molecule has 3 nitrogen and oxygen atoms in total. The minimum atomic E-state index is -0.249. The molecule has 1 heterocycles. The number of aromatic nitrogens is 1. The van der Waals surface area contributed by atoms with Gasteiger partial charge in [0.15, 0.2) is 0 Å². The highest BCUT2D eigenvalue weighted by molar-refractivity contribution is 5.73. The minimum Gasteiger partial charge on any atom is -0.467 e. The Kier molecular flexibility index (Phi) is 3.56. The molecule has 0 saturated heterocycles. The molecule has 1 aromatic rings. The normalized spacial score (nSPS) is 12.9. The van der Waals surface area contributed by atoms with Crippen LogP contribution in [0.25, 0.3) is 0 Å². The first-order valence-corrected chi connectivity index (χ1v) is 5.23. The average molecular weight is 209 g/mol. The number of nitrogens with zero attached hydrogens (tertiary/aromatic N) is 1. The Labute approximate surface area is 91.0 Å². The average Bonchev–Trinajstić information content (AvgIpc) is 2.58. The van der Waals surface area contributed by atoms with E-state index in [0.29, 0.717) is 5.92 Å². The lowest BCUT2D eigenvalue weighted by Gasteiger charge is -2.17. The van der Waals surface area contributed by atoms with Crippen LogP contribution in [0.5, 0.6) is 0 Å². The number of carbonyl (C=O) groups is 1. The molecule has 0 aliphatic carbocycles. The summed E-state index contributed by atoms with van der Waals surface area (Å²) in [6, 6.07) is 1.87. The molecule has 0 bridgehead atoms. The zero-order valence-electron chi connectivity index (χ0n) is 10.1. The number of hydrogen-bond acceptors (Lipinski definition) is 2. The van der Waals surface area contributed by atoms with Crippen LogP contribution >= 0.6 is 0 Å². The fourth-order valence-corrected chi connectivity index (χ4v) is 1.72. The van der Waals surface area contributed by atoms with Gasteiger partial charge in [0, 0.05) is 11.9 Å². The van der Waals surface area contributed by atoms with Crippen LogP contribution in [0.15, 0.2) is 12.3 Å². The van der Waals surface area contributed by atoms with Crippen molar-refractivity contribution >= 4 is 5.97 Å². The molecule has 84 valence electrons. The number of esters is 1. The highest BCUT2D eigenvalue weighted by atomic mass is 16.5. The Bertz CT molecular complexity index is 353. The fourth-order valence-electron chi connectivity index (χ4n) is 1.72. The Balaban J connectivity index is 3.07. The van der Waals surface area contributed by atoms with E-state index in [-0.39, 0.29) is 12.0 Å². The third-order valence-electron chi connectivity index (χ3n) is 2.57. The SMILES string of the molecule is COC(=O)[C@H](C)n1cc(C)cc1C(C)C. The van der Waals surface area contributed by atoms with Gasteiger partial charge in [-0.2, -0.15) is 0 Å². The van der Waals surface area contributed by atoms with E-state index in [1.54, 1.807) is 0 Å². The van der Waals surface area contributed by atoms with E-state index in [2.05, 4.69) is 19.9 Å². The van der Waals surface area contributed by atoms with Gasteiger partial charge < -0.3 is 9.30 Å². The predicted molar refractivity (Wildman–Crippen MR) is 60.0 cm³/mol. The molecular formula is C12H19NO2. The molecule has 0 aliphatic rings. The van der Waals surface area contributed by atoms with Crippen LogP contribution in [-0.2, 0) is 9.53 Å². The lowest BCUT2D eigenvalue weighted by Crippen LogP contribution is -2.19. The van der Waals surface area contributed by atoms with Crippen LogP contribution in [0, 0.1) is 6.92 Å². The predicted octanol–water partition coefficient (Wildman–Crippen LogP) is 2.65. The van der Waals surface area contributed by atoms with Crippen LogP contribution in [-0.4, -0.2) is 17.6 Å². The highest BCUT2D eigenvalue weighted by Gasteiger charge is 2.19. The highest BCUT2D eigenvalue weighted by Crippen LogP contribution is 2.22. The second-order valence-corrected chi connectivity index (χ2v) is 4.20. The number of aryl methyl sites for hydroxylation is 1. The summed E-state index contributed by atoms with van der Waals surface area (Å²) in [6.07, 6.45) is 2.00. The van der Waals surface area contributed by atoms with Crippen LogP contribution < -0.4 is 0 Å². The van der Waals surface area contributed by atoms with Crippen molar-refractivity contribution in [2.75, 3.05) is 7.11 Å². The molecule has 0 aliphatic heterocycles. The molecule has 0 aromatic carbocycles. The largest absolute Gasteiger partial charge is 0.467 e. The van der Waals surface area contributed by atoms with Crippen molar-refractivity contribution in [1.82, 2.24) is 4.57 Å². The first-order valence-electron chi connectivity index (χ1n) is 5.23. The second-order valence-electron chi connectivity index (χ2n) is 4.20. The topological polar surface area (TPSA) is 31.2 Å². The van der Waals surface area contributed by atoms with Gasteiger partial charge in [0.1, 0.15) is 6.04 Å². The van der Waals surface area contributed by atoms with Gasteiger partial charge in [0.05, 0.1) is 7.11 Å². The molecule has 1 atom stereocenters.